The van der Waals surface area contributed by atoms with Crippen molar-refractivity contribution in [3.8, 4) is 0 Å². The maximum absolute atomic E-state index is 12.1. The van der Waals surface area contributed by atoms with Crippen LogP contribution in [0.4, 0.5) is 4.79 Å². The highest BCUT2D eigenvalue weighted by molar-refractivity contribution is 7.71. The summed E-state index contributed by atoms with van der Waals surface area (Å²) in [6.07, 6.45) is 0. The predicted molar refractivity (Wildman–Crippen MR) is 73.8 cm³/mol. The average molecular weight is 340 g/mol. The van der Waals surface area contributed by atoms with Gasteiger partial charge in [-0.2, -0.15) is 0 Å². The van der Waals surface area contributed by atoms with Gasteiger partial charge in [0.05, 0.1) is 18.9 Å². The Hall–Kier alpha value is -1.44. The number of hydrogen-bond donors (Lipinski definition) is 0. The van der Waals surface area contributed by atoms with Gasteiger partial charge >= 0.3 is 25.2 Å². The molecule has 0 amide bonds. The van der Waals surface area contributed by atoms with Crippen LogP contribution in [-0.2, 0) is 37.4 Å². The van der Waals surface area contributed by atoms with E-state index in [9.17, 15) is 18.9 Å². The van der Waals surface area contributed by atoms with Gasteiger partial charge in [-0.3, -0.25) is 18.6 Å². The van der Waals surface area contributed by atoms with Crippen LogP contribution in [0.2, 0.25) is 0 Å². The Bertz CT molecular complexity index is 414. The molecule has 0 aromatic heterocycles. The third-order valence-corrected chi connectivity index (χ3v) is 3.71. The molecule has 10 heteroatoms. The number of methoxy groups -OCH3 is 1. The van der Waals surface area contributed by atoms with E-state index >= 15 is 0 Å². The second-order valence-corrected chi connectivity index (χ2v) is 6.57. The largest absolute Gasteiger partial charge is 0.460 e. The Morgan fingerprint density at radius 1 is 0.864 bits per heavy atom. The van der Waals surface area contributed by atoms with Gasteiger partial charge in [-0.25, -0.2) is 9.36 Å². The summed E-state index contributed by atoms with van der Waals surface area (Å²) in [5.41, 5.74) is -1.30. The van der Waals surface area contributed by atoms with Gasteiger partial charge in [0.1, 0.15) is 0 Å². The van der Waals surface area contributed by atoms with Gasteiger partial charge in [0.15, 0.2) is 0 Å². The molecular weight excluding hydrogens is 319 g/mol. The molecule has 0 aromatic carbocycles. The first-order valence-corrected chi connectivity index (χ1v) is 7.99. The highest BCUT2D eigenvalue weighted by Gasteiger charge is 2.38. The third-order valence-electron chi connectivity index (χ3n) is 2.19. The lowest BCUT2D eigenvalue weighted by Gasteiger charge is -2.16. The molecule has 0 heterocycles. The standard InChI is InChI=1S/C12H21O9P/c1-8(2)10(13)18-6-20-22(16,12(15)17-5)21-7-19-11(14)9(3)4/h8-9H,6-7H2,1-5H3. The third kappa shape index (κ3) is 7.02. The highest BCUT2D eigenvalue weighted by atomic mass is 31.2. The summed E-state index contributed by atoms with van der Waals surface area (Å²) < 4.78 is 35.0. The average Bonchev–Trinajstić information content (AvgIpc) is 2.45. The van der Waals surface area contributed by atoms with Crippen LogP contribution >= 0.6 is 7.60 Å². The second kappa shape index (κ2) is 9.55. The van der Waals surface area contributed by atoms with Crippen molar-refractivity contribution >= 4 is 25.2 Å². The van der Waals surface area contributed by atoms with Crippen molar-refractivity contribution < 1.29 is 42.2 Å². The van der Waals surface area contributed by atoms with Crippen LogP contribution in [0.3, 0.4) is 0 Å². The lowest BCUT2D eigenvalue weighted by atomic mass is 10.2. The van der Waals surface area contributed by atoms with E-state index in [4.69, 9.17) is 0 Å². The molecule has 0 saturated heterocycles. The Morgan fingerprint density at radius 2 is 1.23 bits per heavy atom. The van der Waals surface area contributed by atoms with Crippen molar-refractivity contribution in [2.75, 3.05) is 20.7 Å². The first-order chi connectivity index (χ1) is 10.1. The van der Waals surface area contributed by atoms with E-state index in [1.54, 1.807) is 27.7 Å². The van der Waals surface area contributed by atoms with Crippen molar-refractivity contribution in [2.24, 2.45) is 11.8 Å². The molecule has 0 fully saturated rings. The van der Waals surface area contributed by atoms with E-state index < -0.39 is 50.7 Å². The molecule has 22 heavy (non-hydrogen) atoms. The Kier molecular flexibility index (Phi) is 8.93. The molecule has 0 N–H and O–H groups in total. The van der Waals surface area contributed by atoms with Crippen LogP contribution < -0.4 is 0 Å². The molecule has 9 nitrogen and oxygen atoms in total. The van der Waals surface area contributed by atoms with E-state index in [0.717, 1.165) is 7.11 Å². The molecule has 0 aliphatic carbocycles. The minimum Gasteiger partial charge on any atom is -0.460 e. The molecule has 0 aromatic rings. The van der Waals surface area contributed by atoms with E-state index in [1.807, 2.05) is 0 Å². The minimum absolute atomic E-state index is 0.422. The van der Waals surface area contributed by atoms with Gasteiger partial charge in [-0.1, -0.05) is 27.7 Å². The fraction of sp³-hybridized carbons (Fsp3) is 0.750. The summed E-state index contributed by atoms with van der Waals surface area (Å²) in [6, 6.07) is 0. The first-order valence-electron chi connectivity index (χ1n) is 6.45. The number of esters is 2. The van der Waals surface area contributed by atoms with Crippen LogP contribution in [0.25, 0.3) is 0 Å². The molecule has 0 saturated carbocycles. The fourth-order valence-corrected chi connectivity index (χ4v) is 1.79. The number of carbonyl (C=O) groups is 3. The maximum Gasteiger partial charge on any atom is 0.444 e. The number of ether oxygens (including phenoxy) is 3. The van der Waals surface area contributed by atoms with Gasteiger partial charge < -0.3 is 14.2 Å². The highest BCUT2D eigenvalue weighted by Crippen LogP contribution is 2.49. The zero-order valence-electron chi connectivity index (χ0n) is 13.2. The number of rotatable bonds is 9. The molecule has 0 atom stereocenters. The molecular formula is C12H21O9P. The Labute approximate surface area is 128 Å². The molecule has 0 aliphatic heterocycles. The molecule has 128 valence electrons. The quantitative estimate of drug-likeness (QED) is 0.270. The maximum atomic E-state index is 12.1. The Balaban J connectivity index is 4.54. The number of carbonyl (C=O) groups excluding carboxylic acids is 3. The van der Waals surface area contributed by atoms with Crippen LogP contribution in [0.15, 0.2) is 0 Å². The van der Waals surface area contributed by atoms with Gasteiger partial charge in [0.25, 0.3) is 0 Å². The first kappa shape index (κ1) is 20.6. The van der Waals surface area contributed by atoms with Crippen molar-refractivity contribution in [2.45, 2.75) is 27.7 Å². The van der Waals surface area contributed by atoms with Crippen molar-refractivity contribution in [3.05, 3.63) is 0 Å². The molecule has 0 unspecified atom stereocenters. The van der Waals surface area contributed by atoms with Crippen molar-refractivity contribution in [1.29, 1.82) is 0 Å². The summed E-state index contributed by atoms with van der Waals surface area (Å²) in [7, 11) is -3.42. The smallest absolute Gasteiger partial charge is 0.444 e. The summed E-state index contributed by atoms with van der Waals surface area (Å²) in [5, 5.41) is 0. The molecule has 0 bridgehead atoms. The van der Waals surface area contributed by atoms with E-state index in [2.05, 4.69) is 23.3 Å². The molecule has 0 rings (SSSR count). The lowest BCUT2D eigenvalue weighted by Crippen LogP contribution is -2.18. The van der Waals surface area contributed by atoms with E-state index in [-0.39, 0.29) is 0 Å². The normalized spacial score (nSPS) is 11.4. The number of hydrogen-bond acceptors (Lipinski definition) is 9. The summed E-state index contributed by atoms with van der Waals surface area (Å²) in [5.74, 6) is -2.06. The SMILES string of the molecule is COC(=O)P(=O)(OCOC(=O)C(C)C)OCOC(=O)C(C)C. The van der Waals surface area contributed by atoms with Crippen LogP contribution in [0.1, 0.15) is 27.7 Å². The molecule has 0 spiro atoms. The summed E-state index contributed by atoms with van der Waals surface area (Å²) in [6.45, 7) is 4.82. The fourth-order valence-electron chi connectivity index (χ4n) is 0.895. The zero-order chi connectivity index (χ0) is 17.3. The van der Waals surface area contributed by atoms with Crippen LogP contribution in [-0.4, -0.2) is 38.3 Å². The van der Waals surface area contributed by atoms with Gasteiger partial charge in [0.2, 0.25) is 13.6 Å². The molecule has 0 radical (unpaired) electrons. The summed E-state index contributed by atoms with van der Waals surface area (Å²) in [4.78, 5) is 33.9. The predicted octanol–water partition coefficient (Wildman–Crippen LogP) is 2.29. The van der Waals surface area contributed by atoms with E-state index in [0.29, 0.717) is 0 Å². The van der Waals surface area contributed by atoms with Crippen molar-refractivity contribution in [3.63, 3.8) is 0 Å². The van der Waals surface area contributed by atoms with Crippen molar-refractivity contribution in [1.82, 2.24) is 0 Å². The second-order valence-electron chi connectivity index (χ2n) is 4.70. The van der Waals surface area contributed by atoms with Gasteiger partial charge in [0, 0.05) is 0 Å². The zero-order valence-corrected chi connectivity index (χ0v) is 14.1. The Morgan fingerprint density at radius 3 is 1.50 bits per heavy atom. The van der Waals surface area contributed by atoms with Gasteiger partial charge in [-0.15, -0.1) is 0 Å². The summed E-state index contributed by atoms with van der Waals surface area (Å²) >= 11 is 0. The molecule has 0 aliphatic rings. The monoisotopic (exact) mass is 340 g/mol. The van der Waals surface area contributed by atoms with Crippen LogP contribution in [0.5, 0.6) is 0 Å². The topological polar surface area (TPSA) is 114 Å². The van der Waals surface area contributed by atoms with Gasteiger partial charge in [-0.05, 0) is 0 Å². The van der Waals surface area contributed by atoms with E-state index in [1.165, 1.54) is 0 Å². The van der Waals surface area contributed by atoms with Crippen LogP contribution in [0, 0.1) is 11.8 Å². The minimum atomic E-state index is -4.40. The lowest BCUT2D eigenvalue weighted by molar-refractivity contribution is -0.156.